The minimum atomic E-state index is 0.284. The first-order chi connectivity index (χ1) is 9.19. The number of nitrogens with zero attached hydrogens (tertiary/aromatic N) is 6. The van der Waals surface area contributed by atoms with E-state index in [0.29, 0.717) is 18.5 Å². The van der Waals surface area contributed by atoms with Crippen LogP contribution in [0.5, 0.6) is 6.01 Å². The van der Waals surface area contributed by atoms with Crippen molar-refractivity contribution >= 4 is 5.95 Å². The van der Waals surface area contributed by atoms with Gasteiger partial charge in [0, 0.05) is 26.0 Å². The van der Waals surface area contributed by atoms with Gasteiger partial charge in [0.1, 0.15) is 6.61 Å². The van der Waals surface area contributed by atoms with Crippen molar-refractivity contribution in [2.45, 2.75) is 0 Å². The largest absolute Gasteiger partial charge is 0.462 e. The smallest absolute Gasteiger partial charge is 0.323 e. The number of hydrogen-bond donors (Lipinski definition) is 1. The molecule has 0 saturated heterocycles. The molecular weight excluding hydrogens is 246 g/mol. The van der Waals surface area contributed by atoms with Crippen LogP contribution in [0.15, 0.2) is 18.5 Å². The molecule has 19 heavy (non-hydrogen) atoms. The van der Waals surface area contributed by atoms with Crippen molar-refractivity contribution in [2.75, 3.05) is 39.6 Å². The maximum absolute atomic E-state index is 5.51. The Morgan fingerprint density at radius 2 is 2.16 bits per heavy atom. The number of hydrogen-bond acceptors (Lipinski definition) is 7. The Balaban J connectivity index is 2.16. The van der Waals surface area contributed by atoms with Gasteiger partial charge in [-0.15, -0.1) is 0 Å². The molecule has 0 aliphatic carbocycles. The summed E-state index contributed by atoms with van der Waals surface area (Å²) in [5.41, 5.74) is 0. The van der Waals surface area contributed by atoms with E-state index in [4.69, 9.17) is 4.74 Å². The first-order valence-electron chi connectivity index (χ1n) is 5.90. The molecule has 0 atom stereocenters. The molecule has 0 amide bonds. The molecule has 0 radical (unpaired) electrons. The lowest BCUT2D eigenvalue weighted by Gasteiger charge is -2.11. The second-order valence-corrected chi connectivity index (χ2v) is 4.09. The fraction of sp³-hybridized carbons (Fsp3) is 0.455. The topological polar surface area (TPSA) is 81.0 Å². The van der Waals surface area contributed by atoms with E-state index >= 15 is 0 Å². The Labute approximate surface area is 111 Å². The van der Waals surface area contributed by atoms with Crippen LogP contribution >= 0.6 is 0 Å². The summed E-state index contributed by atoms with van der Waals surface area (Å²) < 4.78 is 7.07. The van der Waals surface area contributed by atoms with Gasteiger partial charge in [0.25, 0.3) is 5.95 Å². The highest BCUT2D eigenvalue weighted by Gasteiger charge is 2.08. The Morgan fingerprint density at radius 1 is 1.32 bits per heavy atom. The Hall–Kier alpha value is -2.22. The molecule has 2 rings (SSSR count). The summed E-state index contributed by atoms with van der Waals surface area (Å²) in [5, 5.41) is 6.96. The Kier molecular flexibility index (Phi) is 4.24. The van der Waals surface area contributed by atoms with Gasteiger partial charge in [-0.25, -0.2) is 4.68 Å². The van der Waals surface area contributed by atoms with Crippen LogP contribution in [0.25, 0.3) is 5.95 Å². The second kappa shape index (κ2) is 6.10. The summed E-state index contributed by atoms with van der Waals surface area (Å²) in [6, 6.07) is 2.08. The van der Waals surface area contributed by atoms with Crippen molar-refractivity contribution in [1.29, 1.82) is 0 Å². The van der Waals surface area contributed by atoms with Crippen molar-refractivity contribution in [3.63, 3.8) is 0 Å². The number of ether oxygens (including phenoxy) is 1. The Bertz CT molecular complexity index is 512. The summed E-state index contributed by atoms with van der Waals surface area (Å²) in [4.78, 5) is 14.6. The number of nitrogens with one attached hydrogen (secondary N) is 1. The minimum Gasteiger partial charge on any atom is -0.462 e. The first-order valence-corrected chi connectivity index (χ1v) is 5.90. The summed E-state index contributed by atoms with van der Waals surface area (Å²) in [6.45, 7) is 1.30. The van der Waals surface area contributed by atoms with Crippen LogP contribution in [-0.4, -0.2) is 63.9 Å². The summed E-state index contributed by atoms with van der Waals surface area (Å²) in [5.74, 6) is 0.865. The van der Waals surface area contributed by atoms with Crippen molar-refractivity contribution in [1.82, 2.24) is 29.6 Å². The molecule has 0 saturated carbocycles. The van der Waals surface area contributed by atoms with E-state index in [-0.39, 0.29) is 6.01 Å². The van der Waals surface area contributed by atoms with Gasteiger partial charge in [0.2, 0.25) is 5.95 Å². The van der Waals surface area contributed by atoms with Crippen LogP contribution in [0.2, 0.25) is 0 Å². The molecule has 2 heterocycles. The van der Waals surface area contributed by atoms with Crippen molar-refractivity contribution in [3.05, 3.63) is 18.5 Å². The molecule has 0 aromatic carbocycles. The highest BCUT2D eigenvalue weighted by Crippen LogP contribution is 2.09. The van der Waals surface area contributed by atoms with Crippen LogP contribution in [0.1, 0.15) is 0 Å². The van der Waals surface area contributed by atoms with Gasteiger partial charge in [-0.3, -0.25) is 0 Å². The standard InChI is InChI=1S/C11H17N7O/c1-12-9-14-10(18-6-4-5-13-18)16-11(15-9)19-8-7-17(2)3/h4-6H,7-8H2,1-3H3,(H,12,14,15,16). The lowest BCUT2D eigenvalue weighted by Crippen LogP contribution is -2.20. The van der Waals surface area contributed by atoms with Gasteiger partial charge < -0.3 is 15.0 Å². The third-order valence-electron chi connectivity index (χ3n) is 2.31. The molecule has 1 N–H and O–H groups in total. The lowest BCUT2D eigenvalue weighted by atomic mass is 10.6. The number of likely N-dealkylation sites (N-methyl/N-ethyl adjacent to an activating group) is 1. The average molecular weight is 263 g/mol. The van der Waals surface area contributed by atoms with Gasteiger partial charge in [-0.2, -0.15) is 20.1 Å². The van der Waals surface area contributed by atoms with Crippen LogP contribution in [0.4, 0.5) is 5.95 Å². The van der Waals surface area contributed by atoms with E-state index < -0.39 is 0 Å². The third-order valence-corrected chi connectivity index (χ3v) is 2.31. The van der Waals surface area contributed by atoms with Gasteiger partial charge in [0.05, 0.1) is 0 Å². The van der Waals surface area contributed by atoms with Crippen LogP contribution < -0.4 is 10.1 Å². The predicted octanol–water partition coefficient (Wildman–Crippen LogP) is 0.0394. The molecule has 0 fully saturated rings. The maximum Gasteiger partial charge on any atom is 0.323 e. The summed E-state index contributed by atoms with van der Waals surface area (Å²) >= 11 is 0. The van der Waals surface area contributed by atoms with E-state index in [0.717, 1.165) is 6.54 Å². The monoisotopic (exact) mass is 263 g/mol. The van der Waals surface area contributed by atoms with Gasteiger partial charge in [-0.05, 0) is 20.2 Å². The molecule has 2 aromatic heterocycles. The lowest BCUT2D eigenvalue weighted by molar-refractivity contribution is 0.245. The quantitative estimate of drug-likeness (QED) is 0.788. The van der Waals surface area contributed by atoms with Gasteiger partial charge in [0.15, 0.2) is 0 Å². The summed E-state index contributed by atoms with van der Waals surface area (Å²) in [6.07, 6.45) is 3.42. The molecule has 0 bridgehead atoms. The minimum absolute atomic E-state index is 0.284. The van der Waals surface area contributed by atoms with Crippen molar-refractivity contribution in [3.8, 4) is 12.0 Å². The van der Waals surface area contributed by atoms with E-state index in [2.05, 4.69) is 25.4 Å². The molecule has 0 unspecified atom stereocenters. The SMILES string of the molecule is CNc1nc(OCCN(C)C)nc(-n2cccn2)n1. The predicted molar refractivity (Wildman–Crippen MR) is 70.5 cm³/mol. The number of anilines is 1. The second-order valence-electron chi connectivity index (χ2n) is 4.09. The zero-order valence-corrected chi connectivity index (χ0v) is 11.2. The van der Waals surface area contributed by atoms with E-state index in [9.17, 15) is 0 Å². The van der Waals surface area contributed by atoms with Crippen LogP contribution in [0.3, 0.4) is 0 Å². The summed E-state index contributed by atoms with van der Waals surface area (Å²) in [7, 11) is 5.70. The fourth-order valence-corrected chi connectivity index (χ4v) is 1.33. The molecule has 8 heteroatoms. The number of rotatable bonds is 6. The first kappa shape index (κ1) is 13.2. The highest BCUT2D eigenvalue weighted by molar-refractivity contribution is 5.28. The molecule has 102 valence electrons. The van der Waals surface area contributed by atoms with Gasteiger partial charge in [-0.1, -0.05) is 0 Å². The molecule has 0 spiro atoms. The molecule has 2 aromatic rings. The van der Waals surface area contributed by atoms with E-state index in [1.54, 1.807) is 30.2 Å². The number of aromatic nitrogens is 5. The zero-order valence-electron chi connectivity index (χ0n) is 11.2. The maximum atomic E-state index is 5.51. The van der Waals surface area contributed by atoms with E-state index in [1.165, 1.54) is 0 Å². The van der Waals surface area contributed by atoms with Crippen LogP contribution in [0, 0.1) is 0 Å². The normalized spacial score (nSPS) is 10.7. The zero-order chi connectivity index (χ0) is 13.7. The van der Waals surface area contributed by atoms with Gasteiger partial charge >= 0.3 is 6.01 Å². The third kappa shape index (κ3) is 3.62. The highest BCUT2D eigenvalue weighted by atomic mass is 16.5. The van der Waals surface area contributed by atoms with Crippen molar-refractivity contribution < 1.29 is 4.74 Å². The molecular formula is C11H17N7O. The Morgan fingerprint density at radius 3 is 2.79 bits per heavy atom. The van der Waals surface area contributed by atoms with E-state index in [1.807, 2.05) is 19.0 Å². The molecule has 0 aliphatic rings. The van der Waals surface area contributed by atoms with Crippen LogP contribution in [-0.2, 0) is 0 Å². The average Bonchev–Trinajstić information content (AvgIpc) is 2.92. The van der Waals surface area contributed by atoms with Crippen molar-refractivity contribution in [2.24, 2.45) is 0 Å². The molecule has 8 nitrogen and oxygen atoms in total. The fourth-order valence-electron chi connectivity index (χ4n) is 1.33. The molecule has 0 aliphatic heterocycles.